The van der Waals surface area contributed by atoms with Crippen LogP contribution in [0.1, 0.15) is 92.8 Å². The second kappa shape index (κ2) is 31.9. The number of esters is 4. The molecular weight excluding hydrogens is 1060 g/mol. The van der Waals surface area contributed by atoms with Gasteiger partial charge in [0.2, 0.25) is 0 Å². The topological polar surface area (TPSA) is 229 Å². The number of carbonyl (C=O) groups is 4. The average molecular weight is 1140 g/mol. The normalized spacial score (nSPS) is 17.3. The second-order valence-electron chi connectivity index (χ2n) is 19.7. The van der Waals surface area contributed by atoms with Gasteiger partial charge in [-0.3, -0.25) is 0 Å². The molecule has 82 heavy (non-hydrogen) atoms. The van der Waals surface area contributed by atoms with E-state index in [1.807, 2.05) is 0 Å². The maximum atomic E-state index is 14.0. The van der Waals surface area contributed by atoms with Gasteiger partial charge in [-0.1, -0.05) is 0 Å². The smallest absolute Gasteiger partial charge is 0.343 e. The van der Waals surface area contributed by atoms with E-state index in [9.17, 15) is 19.2 Å². The lowest BCUT2D eigenvalue weighted by molar-refractivity contribution is 0.0662. The van der Waals surface area contributed by atoms with Crippen molar-refractivity contribution in [3.8, 4) is 46.0 Å². The third-order valence-electron chi connectivity index (χ3n) is 12.8. The van der Waals surface area contributed by atoms with E-state index in [1.165, 1.54) is 48.5 Å². The minimum atomic E-state index is -0.858. The van der Waals surface area contributed by atoms with Gasteiger partial charge in [-0.05, 0) is 148 Å². The molecular formula is C62H70O20. The largest absolute Gasteiger partial charge is 0.494 e. The number of rotatable bonds is 40. The lowest BCUT2D eigenvalue weighted by Gasteiger charge is -2.16. The standard InChI is InChI=1S/C62H70O20/c63-59(43-9-17-47(18-10-43)71-29-5-1-25-67-35-51-39-75-51)79-55-33-57(81-61(65)45-13-21-49(22-14-45)73-31-7-3-27-69-37-53-41-77-53)58(82-62(66)46-15-23-50(24-16-46)74-32-8-4-28-70-38-54-42-78-54)34-56(55)80-60(64)44-11-19-48(20-12-44)72-30-6-2-26-68-36-52-40-76-52/h9-24,33-34,51-54H,1-8,25-32,35-42H2. The van der Waals surface area contributed by atoms with Gasteiger partial charge in [-0.15, -0.1) is 0 Å². The third kappa shape index (κ3) is 21.3. The van der Waals surface area contributed by atoms with Crippen molar-refractivity contribution < 1.29 is 95.0 Å². The number of benzene rings is 5. The number of hydrogen-bond donors (Lipinski definition) is 0. The van der Waals surface area contributed by atoms with Crippen molar-refractivity contribution in [2.24, 2.45) is 0 Å². The summed E-state index contributed by atoms with van der Waals surface area (Å²) in [6.45, 7) is 9.46. The van der Waals surface area contributed by atoms with Gasteiger partial charge in [-0.2, -0.15) is 0 Å². The molecule has 5 aromatic rings. The highest BCUT2D eigenvalue weighted by Gasteiger charge is 2.27. The first kappa shape index (κ1) is 59.5. The van der Waals surface area contributed by atoms with E-state index in [1.54, 1.807) is 48.5 Å². The van der Waals surface area contributed by atoms with Gasteiger partial charge in [-0.25, -0.2) is 19.2 Å². The molecule has 0 bridgehead atoms. The number of carbonyl (C=O) groups excluding carboxylic acids is 4. The molecule has 0 spiro atoms. The zero-order valence-electron chi connectivity index (χ0n) is 45.8. The fourth-order valence-electron chi connectivity index (χ4n) is 7.73. The molecule has 9 rings (SSSR count). The van der Waals surface area contributed by atoms with Gasteiger partial charge in [0, 0.05) is 38.6 Å². The maximum Gasteiger partial charge on any atom is 0.343 e. The van der Waals surface area contributed by atoms with E-state index in [0.717, 1.165) is 89.9 Å². The lowest BCUT2D eigenvalue weighted by atomic mass is 10.2. The van der Waals surface area contributed by atoms with E-state index < -0.39 is 23.9 Å². The predicted octanol–water partition coefficient (Wildman–Crippen LogP) is 8.86. The molecule has 438 valence electrons. The Morgan fingerprint density at radius 2 is 0.500 bits per heavy atom. The van der Waals surface area contributed by atoms with Crippen molar-refractivity contribution in [1.82, 2.24) is 0 Å². The highest BCUT2D eigenvalue weighted by atomic mass is 16.6. The molecule has 0 saturated carbocycles. The summed E-state index contributed by atoms with van der Waals surface area (Å²) in [6.07, 6.45) is 7.07. The summed E-state index contributed by atoms with van der Waals surface area (Å²) in [5.74, 6) is -2.69. The molecule has 0 radical (unpaired) electrons. The maximum absolute atomic E-state index is 14.0. The van der Waals surface area contributed by atoms with Crippen molar-refractivity contribution in [2.45, 2.75) is 75.8 Å². The van der Waals surface area contributed by atoms with Crippen LogP contribution in [0, 0.1) is 0 Å². The molecule has 0 amide bonds. The minimum Gasteiger partial charge on any atom is -0.494 e. The molecule has 4 aliphatic heterocycles. The van der Waals surface area contributed by atoms with E-state index in [4.69, 9.17) is 75.8 Å². The molecule has 4 fully saturated rings. The van der Waals surface area contributed by atoms with Crippen LogP contribution in [0.25, 0.3) is 0 Å². The highest BCUT2D eigenvalue weighted by Crippen LogP contribution is 2.42. The first-order valence-electron chi connectivity index (χ1n) is 28.0. The second-order valence-corrected chi connectivity index (χ2v) is 19.7. The summed E-state index contributed by atoms with van der Waals surface area (Å²) in [4.78, 5) is 55.9. The summed E-state index contributed by atoms with van der Waals surface area (Å²) >= 11 is 0. The van der Waals surface area contributed by atoms with Crippen molar-refractivity contribution in [3.05, 3.63) is 131 Å². The van der Waals surface area contributed by atoms with E-state index in [2.05, 4.69) is 0 Å². The Balaban J connectivity index is 0.895. The van der Waals surface area contributed by atoms with E-state index in [0.29, 0.717) is 102 Å². The van der Waals surface area contributed by atoms with Gasteiger partial charge >= 0.3 is 23.9 Å². The monoisotopic (exact) mass is 1130 g/mol. The Morgan fingerprint density at radius 1 is 0.305 bits per heavy atom. The van der Waals surface area contributed by atoms with Crippen molar-refractivity contribution in [1.29, 1.82) is 0 Å². The van der Waals surface area contributed by atoms with Crippen LogP contribution in [-0.4, -0.2) is 154 Å². The van der Waals surface area contributed by atoms with Gasteiger partial charge < -0.3 is 75.8 Å². The zero-order chi connectivity index (χ0) is 56.6. The third-order valence-corrected chi connectivity index (χ3v) is 12.8. The lowest BCUT2D eigenvalue weighted by Crippen LogP contribution is -2.16. The van der Waals surface area contributed by atoms with Crippen molar-refractivity contribution >= 4 is 23.9 Å². The fourth-order valence-corrected chi connectivity index (χ4v) is 7.73. The van der Waals surface area contributed by atoms with Crippen molar-refractivity contribution in [3.63, 3.8) is 0 Å². The van der Waals surface area contributed by atoms with Crippen LogP contribution in [0.4, 0.5) is 0 Å². The van der Waals surface area contributed by atoms with Gasteiger partial charge in [0.25, 0.3) is 0 Å². The van der Waals surface area contributed by atoms with Crippen LogP contribution in [0.15, 0.2) is 109 Å². The van der Waals surface area contributed by atoms with Crippen molar-refractivity contribution in [2.75, 3.05) is 106 Å². The van der Waals surface area contributed by atoms with Crippen LogP contribution < -0.4 is 37.9 Å². The summed E-state index contributed by atoms with van der Waals surface area (Å²) in [7, 11) is 0. The minimum absolute atomic E-state index is 0.116. The zero-order valence-corrected chi connectivity index (χ0v) is 45.8. The van der Waals surface area contributed by atoms with Gasteiger partial charge in [0.15, 0.2) is 23.0 Å². The molecule has 4 saturated heterocycles. The average Bonchev–Trinajstić information content (AvgIpc) is 4.30. The molecule has 0 aliphatic carbocycles. The van der Waals surface area contributed by atoms with Crippen LogP contribution in [-0.2, 0) is 37.9 Å². The Morgan fingerprint density at radius 3 is 0.695 bits per heavy atom. The Labute approximate surface area is 476 Å². The van der Waals surface area contributed by atoms with Crippen LogP contribution in [0.2, 0.25) is 0 Å². The number of unbranched alkanes of at least 4 members (excludes halogenated alkanes) is 4. The van der Waals surface area contributed by atoms with Crippen LogP contribution in [0.3, 0.4) is 0 Å². The van der Waals surface area contributed by atoms with E-state index >= 15 is 0 Å². The summed E-state index contributed by atoms with van der Waals surface area (Å²) in [5.41, 5.74) is 0.465. The Hall–Kier alpha value is -7.14. The quantitative estimate of drug-likeness (QED) is 0.0154. The van der Waals surface area contributed by atoms with Gasteiger partial charge in [0.05, 0.1) is 102 Å². The molecule has 0 aromatic heterocycles. The summed E-state index contributed by atoms with van der Waals surface area (Å²) in [6, 6.07) is 27.5. The molecule has 20 nitrogen and oxygen atoms in total. The molecule has 4 atom stereocenters. The molecule has 4 aliphatic rings. The summed E-state index contributed by atoms with van der Waals surface area (Å²) < 4.78 is 90.4. The van der Waals surface area contributed by atoms with Crippen LogP contribution in [0.5, 0.6) is 46.0 Å². The first-order chi connectivity index (χ1) is 40.3. The Bertz CT molecular complexity index is 2390. The molecule has 20 heteroatoms. The Kier molecular flexibility index (Phi) is 23.1. The molecule has 0 N–H and O–H groups in total. The number of ether oxygens (including phenoxy) is 16. The van der Waals surface area contributed by atoms with E-state index in [-0.39, 0.29) is 69.7 Å². The molecule has 4 unspecified atom stereocenters. The predicted molar refractivity (Wildman–Crippen MR) is 293 cm³/mol. The highest BCUT2D eigenvalue weighted by molar-refractivity contribution is 5.96. The van der Waals surface area contributed by atoms with Gasteiger partial charge in [0.1, 0.15) is 47.4 Å². The summed E-state index contributed by atoms with van der Waals surface area (Å²) in [5, 5.41) is 0. The van der Waals surface area contributed by atoms with Crippen LogP contribution >= 0.6 is 0 Å². The number of epoxide rings is 4. The molecule has 5 aromatic carbocycles. The SMILES string of the molecule is O=C(Oc1cc(OC(=O)c2ccc(OCCCCOCC3CO3)cc2)c(OC(=O)c2ccc(OCCCCOCC3CO3)cc2)cc1OC(=O)c1ccc(OCCCCOCC2CO2)cc1)c1ccc(OCCCCOCC2CO2)cc1. The fraction of sp³-hybridized carbons (Fsp3) is 0.452. The molecule has 4 heterocycles. The first-order valence-corrected chi connectivity index (χ1v) is 28.0. The number of hydrogen-bond acceptors (Lipinski definition) is 20.